The van der Waals surface area contributed by atoms with Crippen LogP contribution in [0.2, 0.25) is 0 Å². The molecule has 1 fully saturated rings. The first-order valence-corrected chi connectivity index (χ1v) is 2.62. The fourth-order valence-electron chi connectivity index (χ4n) is 0.632. The smallest absolute Gasteiger partial charge is 0.130 e. The average Bonchev–Trinajstić information content (AvgIpc) is 2.17. The number of carbonyl (C=O) groups is 1. The molecule has 1 nitrogen and oxygen atoms in total. The van der Waals surface area contributed by atoms with Crippen molar-refractivity contribution in [1.82, 2.24) is 0 Å². The quantitative estimate of drug-likeness (QED) is 0.505. The van der Waals surface area contributed by atoms with E-state index in [1.807, 2.05) is 0 Å². The molecule has 1 radical (unpaired) electrons. The van der Waals surface area contributed by atoms with Crippen molar-refractivity contribution in [2.75, 3.05) is 0 Å². The van der Waals surface area contributed by atoms with E-state index in [1.54, 1.807) is 6.92 Å². The topological polar surface area (TPSA) is 17.1 Å². The molecule has 0 heterocycles. The molecule has 0 aromatic rings. The Morgan fingerprint density at radius 3 is 2.71 bits per heavy atom. The largest absolute Gasteiger partial charge is 0.300 e. The molecule has 1 unspecified atom stereocenters. The van der Waals surface area contributed by atoms with Gasteiger partial charge in [-0.05, 0) is 25.7 Å². The Bertz CT molecular complexity index is 82.2. The summed E-state index contributed by atoms with van der Waals surface area (Å²) in [5.41, 5.74) is 0. The second kappa shape index (κ2) is 1.65. The Morgan fingerprint density at radius 2 is 2.57 bits per heavy atom. The van der Waals surface area contributed by atoms with Crippen molar-refractivity contribution in [2.24, 2.45) is 5.92 Å². The fourth-order valence-corrected chi connectivity index (χ4v) is 0.632. The highest BCUT2D eigenvalue weighted by Crippen LogP contribution is 2.30. The molecule has 1 saturated carbocycles. The summed E-state index contributed by atoms with van der Waals surface area (Å²) in [6.07, 6.45) is 4.11. The van der Waals surface area contributed by atoms with E-state index in [9.17, 15) is 4.79 Å². The molecule has 0 aliphatic heterocycles. The molecule has 7 heavy (non-hydrogen) atoms. The molecule has 39 valence electrons. The first-order valence-electron chi connectivity index (χ1n) is 2.62. The summed E-state index contributed by atoms with van der Waals surface area (Å²) in [4.78, 5) is 10.3. The summed E-state index contributed by atoms with van der Waals surface area (Å²) in [5.74, 6) is 0.969. The number of hydrogen-bond donors (Lipinski definition) is 0. The molecular formula is C6H9O. The Labute approximate surface area is 43.7 Å². The van der Waals surface area contributed by atoms with Gasteiger partial charge in [0.1, 0.15) is 5.78 Å². The zero-order valence-electron chi connectivity index (χ0n) is 4.48. The van der Waals surface area contributed by atoms with Crippen LogP contribution in [-0.4, -0.2) is 5.78 Å². The molecule has 0 spiro atoms. The third-order valence-electron chi connectivity index (χ3n) is 1.12. The number of ketones is 1. The van der Waals surface area contributed by atoms with Crippen LogP contribution in [0.4, 0.5) is 0 Å². The van der Waals surface area contributed by atoms with E-state index in [2.05, 4.69) is 6.42 Å². The summed E-state index contributed by atoms with van der Waals surface area (Å²) in [5, 5.41) is 0. The van der Waals surface area contributed by atoms with E-state index in [1.165, 1.54) is 6.42 Å². The van der Waals surface area contributed by atoms with E-state index in [-0.39, 0.29) is 0 Å². The van der Waals surface area contributed by atoms with Crippen LogP contribution in [0.1, 0.15) is 19.8 Å². The van der Waals surface area contributed by atoms with Crippen molar-refractivity contribution in [3.05, 3.63) is 6.42 Å². The Hall–Kier alpha value is -0.330. The van der Waals surface area contributed by atoms with Crippen LogP contribution in [0.3, 0.4) is 0 Å². The fraction of sp³-hybridized carbons (Fsp3) is 0.667. The molecule has 0 aromatic heterocycles. The van der Waals surface area contributed by atoms with Gasteiger partial charge in [-0.1, -0.05) is 0 Å². The zero-order chi connectivity index (χ0) is 5.28. The maximum Gasteiger partial charge on any atom is 0.130 e. The molecule has 1 rings (SSSR count). The van der Waals surface area contributed by atoms with Gasteiger partial charge in [-0.2, -0.15) is 0 Å². The van der Waals surface area contributed by atoms with Crippen molar-refractivity contribution < 1.29 is 4.79 Å². The van der Waals surface area contributed by atoms with Crippen molar-refractivity contribution in [3.63, 3.8) is 0 Å². The van der Waals surface area contributed by atoms with Crippen LogP contribution >= 0.6 is 0 Å². The second-order valence-electron chi connectivity index (χ2n) is 2.14. The van der Waals surface area contributed by atoms with Crippen molar-refractivity contribution in [2.45, 2.75) is 19.8 Å². The number of hydrogen-bond acceptors (Lipinski definition) is 1. The molecule has 1 aliphatic carbocycles. The van der Waals surface area contributed by atoms with Gasteiger partial charge >= 0.3 is 0 Å². The molecule has 0 amide bonds. The first kappa shape index (κ1) is 4.82. The van der Waals surface area contributed by atoms with E-state index in [0.717, 1.165) is 6.42 Å². The van der Waals surface area contributed by atoms with Crippen molar-refractivity contribution in [3.8, 4) is 0 Å². The second-order valence-corrected chi connectivity index (χ2v) is 2.14. The van der Waals surface area contributed by atoms with Gasteiger partial charge in [0.25, 0.3) is 0 Å². The van der Waals surface area contributed by atoms with Crippen LogP contribution in [0.25, 0.3) is 0 Å². The van der Waals surface area contributed by atoms with Gasteiger partial charge < -0.3 is 4.79 Å². The molecule has 0 saturated heterocycles. The average molecular weight is 97.1 g/mol. The Kier molecular flexibility index (Phi) is 1.13. The first-order chi connectivity index (χ1) is 3.29. The SMILES string of the molecule is CC(=O)CC1[CH]C1. The minimum absolute atomic E-state index is 0.318. The highest BCUT2D eigenvalue weighted by molar-refractivity contribution is 5.76. The van der Waals surface area contributed by atoms with Gasteiger partial charge in [0.15, 0.2) is 0 Å². The summed E-state index contributed by atoms with van der Waals surface area (Å²) in [6, 6.07) is 0. The summed E-state index contributed by atoms with van der Waals surface area (Å²) >= 11 is 0. The molecule has 1 heteroatoms. The zero-order valence-corrected chi connectivity index (χ0v) is 4.48. The minimum atomic E-state index is 0.318. The van der Waals surface area contributed by atoms with Gasteiger partial charge in [0.2, 0.25) is 0 Å². The van der Waals surface area contributed by atoms with Crippen LogP contribution in [-0.2, 0) is 4.79 Å². The van der Waals surface area contributed by atoms with Crippen molar-refractivity contribution in [1.29, 1.82) is 0 Å². The number of carbonyl (C=O) groups excluding carboxylic acids is 1. The van der Waals surface area contributed by atoms with E-state index in [4.69, 9.17) is 0 Å². The van der Waals surface area contributed by atoms with Crippen molar-refractivity contribution >= 4 is 5.78 Å². The standard InChI is InChI=1S/C6H9O/c1-5(7)4-6-2-3-6/h2,6H,3-4H2,1H3. The molecule has 1 aliphatic rings. The Balaban J connectivity index is 2.08. The molecular weight excluding hydrogens is 88.1 g/mol. The number of rotatable bonds is 2. The maximum absolute atomic E-state index is 10.3. The van der Waals surface area contributed by atoms with Gasteiger partial charge in [0, 0.05) is 6.42 Å². The van der Waals surface area contributed by atoms with Crippen LogP contribution in [0.15, 0.2) is 0 Å². The van der Waals surface area contributed by atoms with Gasteiger partial charge in [0.05, 0.1) is 0 Å². The van der Waals surface area contributed by atoms with Crippen LogP contribution < -0.4 is 0 Å². The monoisotopic (exact) mass is 97.1 g/mol. The van der Waals surface area contributed by atoms with Crippen LogP contribution in [0.5, 0.6) is 0 Å². The van der Waals surface area contributed by atoms with E-state index < -0.39 is 0 Å². The summed E-state index contributed by atoms with van der Waals surface area (Å²) in [6.45, 7) is 1.64. The van der Waals surface area contributed by atoms with Gasteiger partial charge in [-0.15, -0.1) is 0 Å². The third-order valence-corrected chi connectivity index (χ3v) is 1.12. The number of Topliss-reactive ketones (excluding diaryl/α,β-unsaturated/α-hetero) is 1. The van der Waals surface area contributed by atoms with E-state index >= 15 is 0 Å². The molecule has 1 atom stereocenters. The normalized spacial score (nSPS) is 19.6. The Morgan fingerprint density at radius 1 is 2.00 bits per heavy atom. The molecule has 0 aromatic carbocycles. The van der Waals surface area contributed by atoms with E-state index in [0.29, 0.717) is 11.7 Å². The lowest BCUT2D eigenvalue weighted by Crippen LogP contribution is -1.89. The minimum Gasteiger partial charge on any atom is -0.300 e. The van der Waals surface area contributed by atoms with Crippen LogP contribution in [0, 0.1) is 12.3 Å². The lowest BCUT2D eigenvalue weighted by atomic mass is 10.2. The predicted molar refractivity (Wildman–Crippen MR) is 27.7 cm³/mol. The molecule has 0 bridgehead atoms. The third kappa shape index (κ3) is 1.72. The summed E-state index contributed by atoms with van der Waals surface area (Å²) < 4.78 is 0. The lowest BCUT2D eigenvalue weighted by molar-refractivity contribution is -0.117. The highest BCUT2D eigenvalue weighted by Gasteiger charge is 2.22. The van der Waals surface area contributed by atoms with Gasteiger partial charge in [-0.25, -0.2) is 0 Å². The highest BCUT2D eigenvalue weighted by atomic mass is 16.1. The van der Waals surface area contributed by atoms with Gasteiger partial charge in [-0.3, -0.25) is 0 Å². The lowest BCUT2D eigenvalue weighted by Gasteiger charge is -1.83. The maximum atomic E-state index is 10.3. The summed E-state index contributed by atoms with van der Waals surface area (Å²) in [7, 11) is 0. The predicted octanol–water partition coefficient (Wildman–Crippen LogP) is 1.19. The molecule has 0 N–H and O–H groups in total.